The van der Waals surface area contributed by atoms with Crippen molar-refractivity contribution < 1.29 is 13.5 Å². The van der Waals surface area contributed by atoms with E-state index in [0.717, 1.165) is 0 Å². The van der Waals surface area contributed by atoms with Crippen molar-refractivity contribution in [2.45, 2.75) is 43.2 Å². The molecule has 1 aliphatic heterocycles. The Morgan fingerprint density at radius 1 is 1.20 bits per heavy atom. The number of halogens is 1. The van der Waals surface area contributed by atoms with Gasteiger partial charge in [0.15, 0.2) is 0 Å². The summed E-state index contributed by atoms with van der Waals surface area (Å²) in [6.45, 7) is 3.63. The third kappa shape index (κ3) is 2.87. The molecule has 0 saturated carbocycles. The number of imidazole rings is 1. The smallest absolute Gasteiger partial charge is 0.328 e. The first-order valence-electron chi connectivity index (χ1n) is 8.05. The summed E-state index contributed by atoms with van der Waals surface area (Å²) < 4.78 is 31.2. The molecule has 1 N–H and O–H groups in total. The molecular weight excluding hydrogens is 410 g/mol. The van der Waals surface area contributed by atoms with Crippen LogP contribution in [0.4, 0.5) is 0 Å². The van der Waals surface area contributed by atoms with Crippen LogP contribution in [0.25, 0.3) is 11.0 Å². The Bertz CT molecular complexity index is 1000. The Morgan fingerprint density at radius 2 is 1.76 bits per heavy atom. The molecule has 9 heteroatoms. The predicted octanol–water partition coefficient (Wildman–Crippen LogP) is 1.56. The summed E-state index contributed by atoms with van der Waals surface area (Å²) in [5.74, 6) is 0. The molecule has 1 aromatic heterocycles. The molecule has 25 heavy (non-hydrogen) atoms. The summed E-state index contributed by atoms with van der Waals surface area (Å²) in [5.41, 5.74) is -0.140. The molecule has 138 valence electrons. The minimum Gasteiger partial charge on any atom is -0.389 e. The highest BCUT2D eigenvalue weighted by Crippen LogP contribution is 2.35. The number of hydrogen-bond acceptors (Lipinski definition) is 4. The van der Waals surface area contributed by atoms with Crippen molar-refractivity contribution in [1.82, 2.24) is 13.4 Å². The average molecular weight is 432 g/mol. The van der Waals surface area contributed by atoms with Gasteiger partial charge in [0, 0.05) is 25.1 Å². The van der Waals surface area contributed by atoms with Crippen LogP contribution in [0.5, 0.6) is 0 Å². The molecule has 1 atom stereocenters. The van der Waals surface area contributed by atoms with Gasteiger partial charge in [0.25, 0.3) is 0 Å². The summed E-state index contributed by atoms with van der Waals surface area (Å²) in [4.78, 5) is 12.2. The van der Waals surface area contributed by atoms with Crippen molar-refractivity contribution in [2.75, 3.05) is 6.54 Å². The fourth-order valence-electron chi connectivity index (χ4n) is 3.56. The lowest BCUT2D eigenvalue weighted by molar-refractivity contribution is 0.0215. The maximum Gasteiger partial charge on any atom is 0.328 e. The van der Waals surface area contributed by atoms with E-state index in [-0.39, 0.29) is 10.6 Å². The van der Waals surface area contributed by atoms with Crippen molar-refractivity contribution in [3.8, 4) is 0 Å². The van der Waals surface area contributed by atoms with E-state index in [1.807, 2.05) is 0 Å². The normalized spacial score (nSPS) is 19.8. The monoisotopic (exact) mass is 431 g/mol. The van der Waals surface area contributed by atoms with E-state index in [2.05, 4.69) is 15.9 Å². The highest BCUT2D eigenvalue weighted by atomic mass is 79.9. The molecule has 0 spiro atoms. The van der Waals surface area contributed by atoms with Crippen LogP contribution in [-0.2, 0) is 24.1 Å². The Hall–Kier alpha value is -1.16. The molecule has 0 amide bonds. The lowest BCUT2D eigenvalue weighted by Crippen LogP contribution is -2.48. The van der Waals surface area contributed by atoms with Crippen LogP contribution < -0.4 is 5.69 Å². The quantitative estimate of drug-likeness (QED) is 0.798. The van der Waals surface area contributed by atoms with Gasteiger partial charge < -0.3 is 5.11 Å². The van der Waals surface area contributed by atoms with Crippen molar-refractivity contribution >= 4 is 37.0 Å². The molecular formula is C16H22BrN3O4S. The molecule has 0 bridgehead atoms. The lowest BCUT2D eigenvalue weighted by atomic mass is 9.98. The van der Waals surface area contributed by atoms with Gasteiger partial charge in [-0.25, -0.2) is 13.2 Å². The molecule has 1 fully saturated rings. The Balaban J connectivity index is 2.20. The third-order valence-electron chi connectivity index (χ3n) is 4.93. The minimum absolute atomic E-state index is 0.109. The molecule has 2 aromatic rings. The van der Waals surface area contributed by atoms with Gasteiger partial charge in [-0.1, -0.05) is 0 Å². The van der Waals surface area contributed by atoms with E-state index in [0.29, 0.717) is 34.9 Å². The summed E-state index contributed by atoms with van der Waals surface area (Å²) in [6, 6.07) is 2.70. The first-order valence-corrected chi connectivity index (χ1v) is 10.3. The highest BCUT2D eigenvalue weighted by Gasteiger charge is 2.43. The van der Waals surface area contributed by atoms with E-state index in [1.165, 1.54) is 19.5 Å². The van der Waals surface area contributed by atoms with Gasteiger partial charge in [-0.2, -0.15) is 4.31 Å². The van der Waals surface area contributed by atoms with Crippen LogP contribution in [0.2, 0.25) is 0 Å². The van der Waals surface area contributed by atoms with Crippen LogP contribution >= 0.6 is 15.9 Å². The van der Waals surface area contributed by atoms with Crippen molar-refractivity contribution in [2.24, 2.45) is 14.1 Å². The number of aryl methyl sites for hydroxylation is 2. The summed E-state index contributed by atoms with van der Waals surface area (Å²) >= 11 is 3.35. The Kier molecular flexibility index (Phi) is 4.42. The number of sulfonamides is 1. The molecule has 0 radical (unpaired) electrons. The largest absolute Gasteiger partial charge is 0.389 e. The summed E-state index contributed by atoms with van der Waals surface area (Å²) in [6.07, 6.45) is 1.32. The van der Waals surface area contributed by atoms with Crippen LogP contribution in [0, 0.1) is 0 Å². The fourth-order valence-corrected chi connectivity index (χ4v) is 6.39. The molecule has 2 heterocycles. The SMILES string of the molecule is Cn1c(=O)n(C)c2cc(S(=O)(=O)N3CCC[C@H]3C(C)(C)O)c(Br)cc21. The zero-order chi connectivity index (χ0) is 18.7. The molecule has 0 unspecified atom stereocenters. The number of hydrogen-bond donors (Lipinski definition) is 1. The lowest BCUT2D eigenvalue weighted by Gasteiger charge is -2.33. The van der Waals surface area contributed by atoms with Gasteiger partial charge in [0.05, 0.1) is 27.6 Å². The van der Waals surface area contributed by atoms with Gasteiger partial charge in [-0.3, -0.25) is 9.13 Å². The second-order valence-corrected chi connectivity index (χ2v) is 9.81. The number of nitrogens with zero attached hydrogens (tertiary/aromatic N) is 3. The van der Waals surface area contributed by atoms with E-state index in [9.17, 15) is 18.3 Å². The highest BCUT2D eigenvalue weighted by molar-refractivity contribution is 9.10. The summed E-state index contributed by atoms with van der Waals surface area (Å²) in [5, 5.41) is 10.4. The van der Waals surface area contributed by atoms with Gasteiger partial charge in [0.1, 0.15) is 0 Å². The van der Waals surface area contributed by atoms with Crippen LogP contribution in [-0.4, -0.2) is 45.2 Å². The molecule has 1 saturated heterocycles. The molecule has 1 aromatic carbocycles. The van der Waals surface area contributed by atoms with E-state index in [4.69, 9.17) is 0 Å². The van der Waals surface area contributed by atoms with Gasteiger partial charge in [-0.05, 0) is 54.8 Å². The van der Waals surface area contributed by atoms with Gasteiger partial charge in [0.2, 0.25) is 10.0 Å². The van der Waals surface area contributed by atoms with Crippen molar-refractivity contribution in [1.29, 1.82) is 0 Å². The van der Waals surface area contributed by atoms with Crippen molar-refractivity contribution in [3.05, 3.63) is 27.1 Å². The first-order chi connectivity index (χ1) is 11.5. The minimum atomic E-state index is -3.81. The Labute approximate surface area is 155 Å². The maximum absolute atomic E-state index is 13.2. The molecule has 0 aliphatic carbocycles. The zero-order valence-corrected chi connectivity index (χ0v) is 17.1. The first kappa shape index (κ1) is 18.6. The average Bonchev–Trinajstić information content (AvgIpc) is 3.08. The van der Waals surface area contributed by atoms with E-state index in [1.54, 1.807) is 34.0 Å². The number of aliphatic hydroxyl groups is 1. The standard InChI is InChI=1S/C16H22BrN3O4S/c1-16(2,22)14-6-5-7-20(14)25(23,24)13-9-12-11(8-10(13)17)18(3)15(21)19(12)4/h8-9,14,22H,5-7H2,1-4H3/t14-/m0/s1. The zero-order valence-electron chi connectivity index (χ0n) is 14.7. The molecule has 3 rings (SSSR count). The predicted molar refractivity (Wildman–Crippen MR) is 99.1 cm³/mol. The van der Waals surface area contributed by atoms with Gasteiger partial charge in [-0.15, -0.1) is 0 Å². The number of benzene rings is 1. The second kappa shape index (κ2) is 5.94. The van der Waals surface area contributed by atoms with Crippen LogP contribution in [0.15, 0.2) is 26.3 Å². The second-order valence-electron chi connectivity index (χ2n) is 7.10. The number of rotatable bonds is 3. The van der Waals surface area contributed by atoms with E-state index >= 15 is 0 Å². The summed E-state index contributed by atoms with van der Waals surface area (Å²) in [7, 11) is -0.547. The van der Waals surface area contributed by atoms with Gasteiger partial charge >= 0.3 is 5.69 Å². The maximum atomic E-state index is 13.2. The van der Waals surface area contributed by atoms with Crippen LogP contribution in [0.1, 0.15) is 26.7 Å². The topological polar surface area (TPSA) is 84.5 Å². The number of fused-ring (bicyclic) bond motifs is 1. The van der Waals surface area contributed by atoms with E-state index < -0.39 is 21.7 Å². The number of aromatic nitrogens is 2. The van der Waals surface area contributed by atoms with Crippen LogP contribution in [0.3, 0.4) is 0 Å². The molecule has 7 nitrogen and oxygen atoms in total. The Morgan fingerprint density at radius 3 is 2.32 bits per heavy atom. The molecule has 1 aliphatic rings. The third-order valence-corrected chi connectivity index (χ3v) is 7.80. The fraction of sp³-hybridized carbons (Fsp3) is 0.562. The van der Waals surface area contributed by atoms with Crippen molar-refractivity contribution in [3.63, 3.8) is 0 Å².